The molecule has 1 unspecified atom stereocenters. The lowest BCUT2D eigenvalue weighted by Gasteiger charge is -2.37. The largest absolute Gasteiger partial charge is 0.502 e. The van der Waals surface area contributed by atoms with E-state index >= 15 is 0 Å². The summed E-state index contributed by atoms with van der Waals surface area (Å²) in [5, 5.41) is 24.2. The second-order valence-corrected chi connectivity index (χ2v) is 6.11. The number of hydrogen-bond acceptors (Lipinski definition) is 6. The summed E-state index contributed by atoms with van der Waals surface area (Å²) >= 11 is 0. The average Bonchev–Trinajstić information content (AvgIpc) is 3.17. The van der Waals surface area contributed by atoms with E-state index in [1.165, 1.54) is 23.3 Å². The molecule has 1 aromatic heterocycles. The second-order valence-electron chi connectivity index (χ2n) is 6.11. The minimum atomic E-state index is -0.658. The molecule has 0 fully saturated rings. The molecule has 136 valence electrons. The maximum Gasteiger partial charge on any atom is 0.311 e. The molecule has 8 nitrogen and oxygen atoms in total. The summed E-state index contributed by atoms with van der Waals surface area (Å²) < 4.78 is 5.37. The highest BCUT2D eigenvalue weighted by molar-refractivity contribution is 6.01. The van der Waals surface area contributed by atoms with E-state index in [0.717, 1.165) is 0 Å². The monoisotopic (exact) mass is 365 g/mol. The standard InChI is InChI=1S/C19H15N3O5/c23-17-8-7-12(10-16(17)22(25)26)18-20-15-6-2-1-5-14(15)19(24)21(18)11-13-4-3-9-27-13/h1-10,18,20,23H,11H2. The fraction of sp³-hybridized carbons (Fsp3) is 0.105. The number of nitrogens with zero attached hydrogens (tertiary/aromatic N) is 2. The molecule has 1 aliphatic heterocycles. The van der Waals surface area contributed by atoms with Gasteiger partial charge in [0.05, 0.1) is 23.3 Å². The number of phenolic OH excluding ortho intramolecular Hbond substituents is 1. The first-order valence-electron chi connectivity index (χ1n) is 8.21. The maximum atomic E-state index is 13.1. The number of aromatic hydroxyl groups is 1. The Kier molecular flexibility index (Phi) is 4.00. The average molecular weight is 365 g/mol. The molecule has 1 amide bonds. The number of nitro benzene ring substituents is 1. The van der Waals surface area contributed by atoms with Gasteiger partial charge in [0.1, 0.15) is 11.9 Å². The minimum absolute atomic E-state index is 0.187. The number of rotatable bonds is 4. The van der Waals surface area contributed by atoms with Gasteiger partial charge in [0, 0.05) is 17.3 Å². The third-order valence-electron chi connectivity index (χ3n) is 4.44. The van der Waals surface area contributed by atoms with Gasteiger partial charge in [0.2, 0.25) is 0 Å². The number of carbonyl (C=O) groups is 1. The lowest BCUT2D eigenvalue weighted by molar-refractivity contribution is -0.385. The van der Waals surface area contributed by atoms with E-state index in [9.17, 15) is 20.0 Å². The number of para-hydroxylation sites is 1. The van der Waals surface area contributed by atoms with E-state index in [1.54, 1.807) is 42.5 Å². The summed E-state index contributed by atoms with van der Waals surface area (Å²) in [5.41, 5.74) is 1.21. The zero-order valence-corrected chi connectivity index (χ0v) is 14.0. The van der Waals surface area contributed by atoms with E-state index in [1.807, 2.05) is 0 Å². The molecule has 2 aromatic carbocycles. The van der Waals surface area contributed by atoms with Crippen molar-refractivity contribution in [3.63, 3.8) is 0 Å². The van der Waals surface area contributed by atoms with Crippen molar-refractivity contribution in [2.24, 2.45) is 0 Å². The lowest BCUT2D eigenvalue weighted by atomic mass is 10.0. The van der Waals surface area contributed by atoms with Gasteiger partial charge in [-0.25, -0.2) is 0 Å². The Morgan fingerprint density at radius 2 is 2.00 bits per heavy atom. The van der Waals surface area contributed by atoms with Crippen molar-refractivity contribution in [2.45, 2.75) is 12.7 Å². The van der Waals surface area contributed by atoms with Gasteiger partial charge in [-0.2, -0.15) is 0 Å². The summed E-state index contributed by atoms with van der Waals surface area (Å²) in [7, 11) is 0. The van der Waals surface area contributed by atoms with Crippen LogP contribution in [-0.2, 0) is 6.54 Å². The molecular formula is C19H15N3O5. The highest BCUT2D eigenvalue weighted by atomic mass is 16.6. The van der Waals surface area contributed by atoms with Crippen LogP contribution in [0.15, 0.2) is 65.3 Å². The fourth-order valence-corrected chi connectivity index (χ4v) is 3.15. The number of phenols is 1. The van der Waals surface area contributed by atoms with Crippen LogP contribution in [0.25, 0.3) is 0 Å². The Morgan fingerprint density at radius 1 is 1.19 bits per heavy atom. The number of nitrogens with one attached hydrogen (secondary N) is 1. The molecular weight excluding hydrogens is 350 g/mol. The summed E-state index contributed by atoms with van der Waals surface area (Å²) in [6.07, 6.45) is 0.864. The Hall–Kier alpha value is -3.81. The number of nitro groups is 1. The topological polar surface area (TPSA) is 109 Å². The first kappa shape index (κ1) is 16.6. The van der Waals surface area contributed by atoms with Gasteiger partial charge in [-0.15, -0.1) is 0 Å². The number of furan rings is 1. The van der Waals surface area contributed by atoms with Gasteiger partial charge >= 0.3 is 5.69 Å². The number of amides is 1. The molecule has 3 aromatic rings. The Labute approximate surface area is 153 Å². The van der Waals surface area contributed by atoms with Crippen LogP contribution in [0.5, 0.6) is 5.75 Å². The van der Waals surface area contributed by atoms with Crippen LogP contribution in [0.4, 0.5) is 11.4 Å². The van der Waals surface area contributed by atoms with Crippen molar-refractivity contribution >= 4 is 17.3 Å². The van der Waals surface area contributed by atoms with E-state index in [4.69, 9.17) is 4.42 Å². The molecule has 1 atom stereocenters. The smallest absolute Gasteiger partial charge is 0.311 e. The van der Waals surface area contributed by atoms with Crippen LogP contribution in [0.2, 0.25) is 0 Å². The van der Waals surface area contributed by atoms with Crippen molar-refractivity contribution in [1.82, 2.24) is 4.90 Å². The first-order valence-corrected chi connectivity index (χ1v) is 8.21. The van der Waals surface area contributed by atoms with Gasteiger partial charge in [0.25, 0.3) is 5.91 Å². The van der Waals surface area contributed by atoms with E-state index < -0.39 is 22.5 Å². The number of carbonyl (C=O) groups excluding carboxylic acids is 1. The molecule has 2 N–H and O–H groups in total. The molecule has 0 saturated carbocycles. The fourth-order valence-electron chi connectivity index (χ4n) is 3.15. The molecule has 27 heavy (non-hydrogen) atoms. The predicted molar refractivity (Wildman–Crippen MR) is 96.1 cm³/mol. The zero-order chi connectivity index (χ0) is 19.0. The van der Waals surface area contributed by atoms with Crippen molar-refractivity contribution in [2.75, 3.05) is 5.32 Å². The van der Waals surface area contributed by atoms with Gasteiger partial charge in [-0.05, 0) is 30.3 Å². The van der Waals surface area contributed by atoms with Crippen LogP contribution >= 0.6 is 0 Å². The molecule has 1 aliphatic rings. The van der Waals surface area contributed by atoms with Gasteiger partial charge in [-0.3, -0.25) is 14.9 Å². The SMILES string of the molecule is O=C1c2ccccc2NC(c2ccc(O)c([N+](=O)[O-])c2)N1Cc1ccco1. The predicted octanol–water partition coefficient (Wildman–Crippen LogP) is 3.66. The van der Waals surface area contributed by atoms with Crippen LogP contribution in [0, 0.1) is 10.1 Å². The Balaban J connectivity index is 1.79. The second kappa shape index (κ2) is 6.49. The van der Waals surface area contributed by atoms with Gasteiger partial charge in [-0.1, -0.05) is 18.2 Å². The van der Waals surface area contributed by atoms with Crippen molar-refractivity contribution < 1.29 is 19.2 Å². The molecule has 0 saturated heterocycles. The normalized spacial score (nSPS) is 15.9. The van der Waals surface area contributed by atoms with Crippen LogP contribution < -0.4 is 5.32 Å². The summed E-state index contributed by atoms with van der Waals surface area (Å²) in [4.78, 5) is 25.1. The maximum absolute atomic E-state index is 13.1. The molecule has 8 heteroatoms. The minimum Gasteiger partial charge on any atom is -0.502 e. The quantitative estimate of drug-likeness (QED) is 0.539. The Morgan fingerprint density at radius 3 is 2.74 bits per heavy atom. The van der Waals surface area contributed by atoms with Crippen molar-refractivity contribution in [3.8, 4) is 5.75 Å². The van der Waals surface area contributed by atoms with Crippen LogP contribution in [0.3, 0.4) is 0 Å². The number of anilines is 1. The number of benzene rings is 2. The number of fused-ring (bicyclic) bond motifs is 1. The van der Waals surface area contributed by atoms with Crippen LogP contribution in [-0.4, -0.2) is 20.8 Å². The highest BCUT2D eigenvalue weighted by Gasteiger charge is 2.34. The third-order valence-corrected chi connectivity index (χ3v) is 4.44. The molecule has 0 spiro atoms. The first-order chi connectivity index (χ1) is 13.0. The van der Waals surface area contributed by atoms with Gasteiger partial charge < -0.3 is 19.7 Å². The summed E-state index contributed by atoms with van der Waals surface area (Å²) in [5.74, 6) is -0.0619. The molecule has 2 heterocycles. The van der Waals surface area contributed by atoms with Gasteiger partial charge in [0.15, 0.2) is 5.75 Å². The summed E-state index contributed by atoms with van der Waals surface area (Å²) in [6.45, 7) is 0.187. The molecule has 4 rings (SSSR count). The van der Waals surface area contributed by atoms with Crippen LogP contribution in [0.1, 0.15) is 27.8 Å². The van der Waals surface area contributed by atoms with E-state index in [2.05, 4.69) is 5.32 Å². The Bertz CT molecular complexity index is 1020. The lowest BCUT2D eigenvalue weighted by Crippen LogP contribution is -2.42. The number of hydrogen-bond donors (Lipinski definition) is 2. The molecule has 0 aliphatic carbocycles. The van der Waals surface area contributed by atoms with Crippen molar-refractivity contribution in [1.29, 1.82) is 0 Å². The zero-order valence-electron chi connectivity index (χ0n) is 14.0. The summed E-state index contributed by atoms with van der Waals surface area (Å²) in [6, 6.07) is 14.6. The van der Waals surface area contributed by atoms with Crippen molar-refractivity contribution in [3.05, 3.63) is 87.9 Å². The molecule has 0 bridgehead atoms. The van der Waals surface area contributed by atoms with E-state index in [0.29, 0.717) is 22.6 Å². The highest BCUT2D eigenvalue weighted by Crippen LogP contribution is 2.37. The third kappa shape index (κ3) is 2.97. The van der Waals surface area contributed by atoms with E-state index in [-0.39, 0.29) is 12.5 Å². The molecule has 0 radical (unpaired) electrons.